The summed E-state index contributed by atoms with van der Waals surface area (Å²) in [4.78, 5) is 18.5. The fraction of sp³-hybridized carbons (Fsp3) is 0. The molecule has 0 rings (SSSR count). The average molecular weight is 166 g/mol. The molecule has 0 aliphatic heterocycles. The van der Waals surface area contributed by atoms with Crippen molar-refractivity contribution in [1.29, 1.82) is 0 Å². The molecule has 0 aliphatic rings. The van der Waals surface area contributed by atoms with Crippen LogP contribution in [0.1, 0.15) is 0 Å². The molecule has 0 aromatic carbocycles. The Morgan fingerprint density at radius 2 is 1.22 bits per heavy atom. The van der Waals surface area contributed by atoms with Crippen molar-refractivity contribution in [1.82, 2.24) is 0 Å². The molecule has 0 saturated heterocycles. The van der Waals surface area contributed by atoms with Crippen LogP contribution >= 0.6 is 11.8 Å². The third-order valence-electron chi connectivity index (χ3n) is 0.167. The van der Waals surface area contributed by atoms with E-state index < -0.39 is 10.6 Å². The Kier molecular flexibility index (Phi) is 17.2. The van der Waals surface area contributed by atoms with Gasteiger partial charge in [-0.3, -0.25) is 0 Å². The van der Waals surface area contributed by atoms with Gasteiger partial charge in [-0.15, -0.1) is 0 Å². The van der Waals surface area contributed by atoms with E-state index in [0.29, 0.717) is 0 Å². The van der Waals surface area contributed by atoms with Gasteiger partial charge in [-0.1, -0.05) is 11.8 Å². The molecule has 0 aromatic heterocycles. The molecule has 9 heavy (non-hydrogen) atoms. The quantitative estimate of drug-likeness (QED) is 0.334. The molecule has 0 atom stereocenters. The average Bonchev–Trinajstić information content (AvgIpc) is 1.27. The zero-order valence-electron chi connectivity index (χ0n) is 5.04. The summed E-state index contributed by atoms with van der Waals surface area (Å²) in [7, 11) is 0. The van der Waals surface area contributed by atoms with Crippen LogP contribution in [0.3, 0.4) is 0 Å². The number of carbonyl (C=O) groups excluding carboxylic acids is 2. The first kappa shape index (κ1) is 16.7. The summed E-state index contributed by atoms with van der Waals surface area (Å²) in [6.07, 6.45) is 0. The Morgan fingerprint density at radius 1 is 1.00 bits per heavy atom. The Hall–Kier alpha value is 1.29. The van der Waals surface area contributed by atoms with Crippen LogP contribution in [0.5, 0.6) is 0 Å². The maximum absolute atomic E-state index is 9.24. The Balaban J connectivity index is -0.000000180. The number of hydrogen-bond donors (Lipinski definition) is 0. The fourth-order valence-electron chi connectivity index (χ4n) is 0.0680. The van der Waals surface area contributed by atoms with Crippen LogP contribution in [0.25, 0.3) is 0 Å². The van der Waals surface area contributed by atoms with Crippen molar-refractivity contribution in [2.24, 2.45) is 0 Å². The van der Waals surface area contributed by atoms with Crippen molar-refractivity contribution in [3.05, 3.63) is 0 Å². The van der Waals surface area contributed by atoms with Crippen LogP contribution in [0.4, 0.5) is 9.59 Å². The molecule has 0 saturated carbocycles. The van der Waals surface area contributed by atoms with Crippen LogP contribution in [-0.4, -0.2) is 10.6 Å². The van der Waals surface area contributed by atoms with Gasteiger partial charge in [0.25, 0.3) is 0 Å². The summed E-state index contributed by atoms with van der Waals surface area (Å²) in [5, 5.41) is 15.1. The number of carbonyl (C=O) groups is 2. The van der Waals surface area contributed by atoms with Crippen molar-refractivity contribution in [2.75, 3.05) is 0 Å². The molecule has 0 heterocycles. The SMILES string of the molecule is O=C([O-])SC(=O)[O-].[Na+].[Na+]. The van der Waals surface area contributed by atoms with Gasteiger partial charge < -0.3 is 19.8 Å². The molecule has 0 N–H and O–H groups in total. The van der Waals surface area contributed by atoms with E-state index in [1.807, 2.05) is 0 Å². The first-order chi connectivity index (χ1) is 3.13. The van der Waals surface area contributed by atoms with E-state index >= 15 is 0 Å². The molecular formula is C2Na2O4S. The normalized spacial score (nSPS) is 6.22. The van der Waals surface area contributed by atoms with Gasteiger partial charge in [-0.2, -0.15) is 0 Å². The summed E-state index contributed by atoms with van der Waals surface area (Å²) < 4.78 is 0. The predicted molar refractivity (Wildman–Crippen MR) is 18.4 cm³/mol. The van der Waals surface area contributed by atoms with Crippen LogP contribution in [0, 0.1) is 0 Å². The van der Waals surface area contributed by atoms with Gasteiger partial charge in [-0.05, 0) is 0 Å². The van der Waals surface area contributed by atoms with Crippen LogP contribution in [0.2, 0.25) is 0 Å². The monoisotopic (exact) mass is 166 g/mol. The van der Waals surface area contributed by atoms with Crippen LogP contribution < -0.4 is 69.3 Å². The minimum atomic E-state index is -1.71. The van der Waals surface area contributed by atoms with E-state index in [-0.39, 0.29) is 70.9 Å². The molecule has 0 radical (unpaired) electrons. The van der Waals surface area contributed by atoms with E-state index in [0.717, 1.165) is 0 Å². The molecule has 0 spiro atoms. The molecule has 0 unspecified atom stereocenters. The zero-order chi connectivity index (χ0) is 5.86. The fourth-order valence-corrected chi connectivity index (χ4v) is 0.204. The molecule has 0 aromatic rings. The standard InChI is InChI=1S/C2H2O4S.2Na/c3-1(4)7-2(5)6;;/h(H,3,4)(H,5,6);;/q;2*+1/p-2. The number of rotatable bonds is 0. The zero-order valence-corrected chi connectivity index (χ0v) is 9.86. The molecule has 0 aliphatic carbocycles. The maximum Gasteiger partial charge on any atom is 1.00 e. The number of hydrogen-bond acceptors (Lipinski definition) is 5. The Labute approximate surface area is 100.0 Å². The van der Waals surface area contributed by atoms with Crippen LogP contribution in [0.15, 0.2) is 0 Å². The number of thioether (sulfide) groups is 1. The van der Waals surface area contributed by atoms with Gasteiger partial charge in [0, 0.05) is 0 Å². The second-order valence-corrected chi connectivity index (χ2v) is 1.47. The smallest absolute Gasteiger partial charge is 0.538 e. The van der Waals surface area contributed by atoms with E-state index in [4.69, 9.17) is 0 Å². The van der Waals surface area contributed by atoms with E-state index in [9.17, 15) is 19.8 Å². The number of carboxylic acid groups (broad SMARTS) is 2. The van der Waals surface area contributed by atoms with Gasteiger partial charge in [0.2, 0.25) is 0 Å². The van der Waals surface area contributed by atoms with Gasteiger partial charge in [0.1, 0.15) is 10.6 Å². The molecule has 40 valence electrons. The third kappa shape index (κ3) is 17.6. The minimum Gasteiger partial charge on any atom is -0.538 e. The van der Waals surface area contributed by atoms with Crippen LogP contribution in [-0.2, 0) is 0 Å². The van der Waals surface area contributed by atoms with Crippen molar-refractivity contribution in [3.63, 3.8) is 0 Å². The maximum atomic E-state index is 9.24. The van der Waals surface area contributed by atoms with Gasteiger partial charge in [-0.25, -0.2) is 0 Å². The second-order valence-electron chi connectivity index (χ2n) is 0.602. The van der Waals surface area contributed by atoms with Crippen molar-refractivity contribution >= 4 is 22.4 Å². The largest absolute Gasteiger partial charge is 1.00 e. The van der Waals surface area contributed by atoms with Crippen molar-refractivity contribution < 1.29 is 78.9 Å². The summed E-state index contributed by atoms with van der Waals surface area (Å²) in [5.74, 6) is 0. The van der Waals surface area contributed by atoms with E-state index in [1.54, 1.807) is 0 Å². The predicted octanol–water partition coefficient (Wildman–Crippen LogP) is -7.59. The molecular weight excluding hydrogens is 166 g/mol. The minimum absolute atomic E-state index is 0. The Morgan fingerprint density at radius 3 is 1.22 bits per heavy atom. The summed E-state index contributed by atoms with van der Waals surface area (Å²) in [6, 6.07) is 0. The summed E-state index contributed by atoms with van der Waals surface area (Å²) >= 11 is -0.380. The van der Waals surface area contributed by atoms with Crippen molar-refractivity contribution in [2.45, 2.75) is 0 Å². The molecule has 7 heteroatoms. The first-order valence-corrected chi connectivity index (χ1v) is 2.04. The van der Waals surface area contributed by atoms with Gasteiger partial charge in [0.05, 0.1) is 0 Å². The summed E-state index contributed by atoms with van der Waals surface area (Å²) in [5.41, 5.74) is 0. The summed E-state index contributed by atoms with van der Waals surface area (Å²) in [6.45, 7) is 0. The van der Waals surface area contributed by atoms with E-state index in [2.05, 4.69) is 0 Å². The molecule has 4 nitrogen and oxygen atoms in total. The van der Waals surface area contributed by atoms with Gasteiger partial charge >= 0.3 is 59.1 Å². The second kappa shape index (κ2) is 9.29. The first-order valence-electron chi connectivity index (χ1n) is 1.22. The van der Waals surface area contributed by atoms with Gasteiger partial charge in [0.15, 0.2) is 0 Å². The van der Waals surface area contributed by atoms with E-state index in [1.165, 1.54) is 0 Å². The topological polar surface area (TPSA) is 80.3 Å². The molecule has 0 amide bonds. The van der Waals surface area contributed by atoms with Crippen molar-refractivity contribution in [3.8, 4) is 0 Å². The molecule has 0 bridgehead atoms. The third-order valence-corrected chi connectivity index (χ3v) is 0.500. The Bertz CT molecular complexity index is 92.7. The molecule has 0 fully saturated rings.